The van der Waals surface area contributed by atoms with E-state index in [1.54, 1.807) is 0 Å². The summed E-state index contributed by atoms with van der Waals surface area (Å²) in [6, 6.07) is 6.16. The van der Waals surface area contributed by atoms with Crippen LogP contribution in [0.4, 0.5) is 0 Å². The van der Waals surface area contributed by atoms with Gasteiger partial charge in [-0.15, -0.1) is 0 Å². The molecule has 70 valence electrons. The molecule has 0 aliphatic heterocycles. The predicted molar refractivity (Wildman–Crippen MR) is 57.5 cm³/mol. The molecule has 0 saturated carbocycles. The van der Waals surface area contributed by atoms with E-state index in [2.05, 4.69) is 11.1 Å². The first kappa shape index (κ1) is 9.11. The Kier molecular flexibility index (Phi) is 1.98. The number of hydrogen-bond donors (Lipinski definition) is 1. The summed E-state index contributed by atoms with van der Waals surface area (Å²) in [6.45, 7) is 4.01. The van der Waals surface area contributed by atoms with Crippen LogP contribution in [0.5, 0.6) is 0 Å². The van der Waals surface area contributed by atoms with E-state index in [9.17, 15) is 0 Å². The summed E-state index contributed by atoms with van der Waals surface area (Å²) in [7, 11) is 0. The summed E-state index contributed by atoms with van der Waals surface area (Å²) < 4.78 is 0. The average Bonchev–Trinajstić information content (AvgIpc) is 2.40. The normalized spacial score (nSPS) is 10.4. The van der Waals surface area contributed by atoms with Gasteiger partial charge in [0.2, 0.25) is 0 Å². The molecule has 2 aromatic rings. The Morgan fingerprint density at radius 3 is 2.71 bits per heavy atom. The van der Waals surface area contributed by atoms with Gasteiger partial charge in [0, 0.05) is 10.9 Å². The SMILES string of the molecule is Cc1cc(C)c2c(C#N)c(Cl)[nH]c2c1. The van der Waals surface area contributed by atoms with E-state index >= 15 is 0 Å². The first-order valence-electron chi connectivity index (χ1n) is 4.32. The Labute approximate surface area is 87.1 Å². The van der Waals surface area contributed by atoms with Crippen molar-refractivity contribution in [3.05, 3.63) is 34.0 Å². The van der Waals surface area contributed by atoms with E-state index in [1.807, 2.05) is 26.0 Å². The van der Waals surface area contributed by atoms with Crippen LogP contribution in [0.3, 0.4) is 0 Å². The van der Waals surface area contributed by atoms with Crippen LogP contribution in [0.2, 0.25) is 5.15 Å². The van der Waals surface area contributed by atoms with Crippen LogP contribution in [0, 0.1) is 25.2 Å². The topological polar surface area (TPSA) is 39.6 Å². The molecule has 3 heteroatoms. The van der Waals surface area contributed by atoms with Crippen LogP contribution in [-0.4, -0.2) is 4.98 Å². The van der Waals surface area contributed by atoms with Gasteiger partial charge in [0.15, 0.2) is 0 Å². The summed E-state index contributed by atoms with van der Waals surface area (Å²) in [5.74, 6) is 0. The summed E-state index contributed by atoms with van der Waals surface area (Å²) in [6.07, 6.45) is 0. The van der Waals surface area contributed by atoms with Crippen LogP contribution >= 0.6 is 11.6 Å². The molecule has 14 heavy (non-hydrogen) atoms. The Balaban J connectivity index is 2.97. The number of aromatic nitrogens is 1. The van der Waals surface area contributed by atoms with Crippen molar-refractivity contribution in [3.63, 3.8) is 0 Å². The van der Waals surface area contributed by atoms with Crippen molar-refractivity contribution in [1.29, 1.82) is 5.26 Å². The molecule has 0 unspecified atom stereocenters. The third kappa shape index (κ3) is 1.18. The first-order valence-corrected chi connectivity index (χ1v) is 4.70. The van der Waals surface area contributed by atoms with Crippen molar-refractivity contribution in [2.45, 2.75) is 13.8 Å². The zero-order valence-corrected chi connectivity index (χ0v) is 8.74. The third-order valence-corrected chi connectivity index (χ3v) is 2.59. The molecule has 0 bridgehead atoms. The minimum atomic E-state index is 0.427. The molecule has 1 aromatic carbocycles. The number of aromatic amines is 1. The Morgan fingerprint density at radius 1 is 1.36 bits per heavy atom. The lowest BCUT2D eigenvalue weighted by Gasteiger charge is -1.98. The van der Waals surface area contributed by atoms with Crippen LogP contribution in [0.15, 0.2) is 12.1 Å². The van der Waals surface area contributed by atoms with E-state index in [0.717, 1.165) is 22.0 Å². The smallest absolute Gasteiger partial charge is 0.125 e. The van der Waals surface area contributed by atoms with Gasteiger partial charge in [0.05, 0.1) is 5.56 Å². The van der Waals surface area contributed by atoms with Gasteiger partial charge >= 0.3 is 0 Å². The minimum Gasteiger partial charge on any atom is -0.344 e. The van der Waals surface area contributed by atoms with Crippen LogP contribution in [-0.2, 0) is 0 Å². The monoisotopic (exact) mass is 204 g/mol. The Bertz CT molecular complexity index is 546. The largest absolute Gasteiger partial charge is 0.344 e. The quantitative estimate of drug-likeness (QED) is 0.703. The molecule has 0 radical (unpaired) electrons. The second kappa shape index (κ2) is 3.04. The molecule has 1 N–H and O–H groups in total. The third-order valence-electron chi connectivity index (χ3n) is 2.31. The molecule has 0 aliphatic rings. The lowest BCUT2D eigenvalue weighted by Crippen LogP contribution is -1.80. The van der Waals surface area contributed by atoms with Gasteiger partial charge in [-0.2, -0.15) is 5.26 Å². The number of H-pyrrole nitrogens is 1. The number of hydrogen-bond acceptors (Lipinski definition) is 1. The second-order valence-corrected chi connectivity index (χ2v) is 3.81. The standard InChI is InChI=1S/C11H9ClN2/c1-6-3-7(2)10-8(5-13)11(12)14-9(10)4-6/h3-4,14H,1-2H3. The summed E-state index contributed by atoms with van der Waals surface area (Å²) in [4.78, 5) is 3.00. The number of nitriles is 1. The van der Waals surface area contributed by atoms with Gasteiger partial charge in [0.25, 0.3) is 0 Å². The summed E-state index contributed by atoms with van der Waals surface area (Å²) in [5, 5.41) is 10.3. The van der Waals surface area contributed by atoms with Crippen molar-refractivity contribution in [2.75, 3.05) is 0 Å². The molecule has 2 rings (SSSR count). The maximum Gasteiger partial charge on any atom is 0.125 e. The molecule has 0 saturated heterocycles. The van der Waals surface area contributed by atoms with Gasteiger partial charge in [-0.3, -0.25) is 0 Å². The second-order valence-electron chi connectivity index (χ2n) is 3.43. The van der Waals surface area contributed by atoms with Crippen molar-refractivity contribution < 1.29 is 0 Å². The molecule has 1 heterocycles. The van der Waals surface area contributed by atoms with Crippen molar-refractivity contribution in [3.8, 4) is 6.07 Å². The molecule has 0 fully saturated rings. The average molecular weight is 205 g/mol. The van der Waals surface area contributed by atoms with E-state index < -0.39 is 0 Å². The zero-order valence-electron chi connectivity index (χ0n) is 7.98. The number of nitrogens with zero attached hydrogens (tertiary/aromatic N) is 1. The first-order chi connectivity index (χ1) is 6.63. The van der Waals surface area contributed by atoms with Crippen LogP contribution in [0.1, 0.15) is 16.7 Å². The highest BCUT2D eigenvalue weighted by molar-refractivity contribution is 6.32. The van der Waals surface area contributed by atoms with Crippen molar-refractivity contribution in [2.24, 2.45) is 0 Å². The van der Waals surface area contributed by atoms with E-state index in [0.29, 0.717) is 10.7 Å². The fourth-order valence-electron chi connectivity index (χ4n) is 1.79. The van der Waals surface area contributed by atoms with Gasteiger partial charge in [-0.05, 0) is 31.0 Å². The molecule has 0 spiro atoms. The number of rotatable bonds is 0. The van der Waals surface area contributed by atoms with Crippen LogP contribution in [0.25, 0.3) is 10.9 Å². The van der Waals surface area contributed by atoms with E-state index in [-0.39, 0.29) is 0 Å². The lowest BCUT2D eigenvalue weighted by atomic mass is 10.1. The van der Waals surface area contributed by atoms with E-state index in [4.69, 9.17) is 16.9 Å². The summed E-state index contributed by atoms with van der Waals surface area (Å²) in [5.41, 5.74) is 3.72. The molecular formula is C11H9ClN2. The highest BCUT2D eigenvalue weighted by Crippen LogP contribution is 2.28. The number of halogens is 1. The van der Waals surface area contributed by atoms with E-state index in [1.165, 1.54) is 0 Å². The molecule has 1 aromatic heterocycles. The number of aryl methyl sites for hydroxylation is 2. The fraction of sp³-hybridized carbons (Fsp3) is 0.182. The maximum absolute atomic E-state index is 8.94. The summed E-state index contributed by atoms with van der Waals surface area (Å²) >= 11 is 5.91. The number of fused-ring (bicyclic) bond motifs is 1. The highest BCUT2D eigenvalue weighted by atomic mass is 35.5. The fourth-order valence-corrected chi connectivity index (χ4v) is 2.03. The molecule has 2 nitrogen and oxygen atoms in total. The van der Waals surface area contributed by atoms with Crippen molar-refractivity contribution in [1.82, 2.24) is 4.98 Å². The number of nitrogens with one attached hydrogen (secondary N) is 1. The molecule has 0 aliphatic carbocycles. The molecular weight excluding hydrogens is 196 g/mol. The molecule has 0 atom stereocenters. The van der Waals surface area contributed by atoms with Gasteiger partial charge < -0.3 is 4.98 Å². The van der Waals surface area contributed by atoms with Gasteiger partial charge in [-0.1, -0.05) is 17.7 Å². The lowest BCUT2D eigenvalue weighted by molar-refractivity contribution is 1.41. The Morgan fingerprint density at radius 2 is 2.07 bits per heavy atom. The van der Waals surface area contributed by atoms with Gasteiger partial charge in [-0.25, -0.2) is 0 Å². The molecule has 0 amide bonds. The zero-order chi connectivity index (χ0) is 10.3. The number of benzene rings is 1. The van der Waals surface area contributed by atoms with Crippen LogP contribution < -0.4 is 0 Å². The van der Waals surface area contributed by atoms with Gasteiger partial charge in [0.1, 0.15) is 11.2 Å². The highest BCUT2D eigenvalue weighted by Gasteiger charge is 2.11. The minimum absolute atomic E-state index is 0.427. The predicted octanol–water partition coefficient (Wildman–Crippen LogP) is 3.31. The Hall–Kier alpha value is -1.46. The van der Waals surface area contributed by atoms with Crippen molar-refractivity contribution >= 4 is 22.5 Å². The maximum atomic E-state index is 8.94.